The van der Waals surface area contributed by atoms with E-state index >= 15 is 0 Å². The molecule has 0 atom stereocenters. The summed E-state index contributed by atoms with van der Waals surface area (Å²) in [5, 5.41) is 3.24. The SMILES string of the molecule is c1ccc(-c2cccc(-c3ccc4nc5c6c(cccc6c4c3)N(c3nc(-c4ccccc4)nc(-c4ccccc4)n3)c3cnccc3-5)c2)cc1. The topological polar surface area (TPSA) is 67.7 Å². The van der Waals surface area contributed by atoms with Crippen LogP contribution in [0.1, 0.15) is 0 Å². The van der Waals surface area contributed by atoms with Gasteiger partial charge in [0.25, 0.3) is 0 Å². The minimum atomic E-state index is 0.515. The number of fused-ring (bicyclic) bond motifs is 4. The Kier molecular flexibility index (Phi) is 6.70. The van der Waals surface area contributed by atoms with Crippen molar-refractivity contribution in [1.29, 1.82) is 0 Å². The lowest BCUT2D eigenvalue weighted by Gasteiger charge is -2.31. The van der Waals surface area contributed by atoms with Gasteiger partial charge in [0.15, 0.2) is 11.6 Å². The summed E-state index contributed by atoms with van der Waals surface area (Å²) in [6.45, 7) is 0. The van der Waals surface area contributed by atoms with Gasteiger partial charge in [-0.25, -0.2) is 9.97 Å². The number of anilines is 3. The Bertz CT molecular complexity index is 2690. The lowest BCUT2D eigenvalue weighted by Crippen LogP contribution is -2.19. The number of pyridine rings is 2. The van der Waals surface area contributed by atoms with Gasteiger partial charge in [-0.15, -0.1) is 0 Å². The van der Waals surface area contributed by atoms with Gasteiger partial charge in [0.2, 0.25) is 5.95 Å². The highest BCUT2D eigenvalue weighted by atomic mass is 15.3. The van der Waals surface area contributed by atoms with Crippen LogP contribution < -0.4 is 4.90 Å². The molecule has 6 nitrogen and oxygen atoms in total. The summed E-state index contributed by atoms with van der Waals surface area (Å²) in [4.78, 5) is 27.2. The minimum absolute atomic E-state index is 0.515. The molecule has 0 radical (unpaired) electrons. The van der Waals surface area contributed by atoms with Crippen LogP contribution in [-0.2, 0) is 0 Å². The Morgan fingerprint density at radius 2 is 1.02 bits per heavy atom. The second-order valence-electron chi connectivity index (χ2n) is 12.6. The normalized spacial score (nSPS) is 11.9. The minimum Gasteiger partial charge on any atom is -0.276 e. The molecule has 0 fully saturated rings. The number of aromatic nitrogens is 5. The molecule has 3 aromatic heterocycles. The first-order valence-corrected chi connectivity index (χ1v) is 16.9. The van der Waals surface area contributed by atoms with E-state index in [4.69, 9.17) is 19.9 Å². The van der Waals surface area contributed by atoms with E-state index in [9.17, 15) is 0 Å². The van der Waals surface area contributed by atoms with Gasteiger partial charge >= 0.3 is 0 Å². The maximum absolute atomic E-state index is 5.33. The Morgan fingerprint density at radius 1 is 0.412 bits per heavy atom. The van der Waals surface area contributed by atoms with Crippen molar-refractivity contribution in [2.24, 2.45) is 0 Å². The number of hydrogen-bond donors (Lipinski definition) is 0. The van der Waals surface area contributed by atoms with Gasteiger partial charge in [-0.05, 0) is 58.0 Å². The zero-order valence-corrected chi connectivity index (χ0v) is 27.3. The maximum Gasteiger partial charge on any atom is 0.238 e. The first kappa shape index (κ1) is 28.9. The third-order valence-corrected chi connectivity index (χ3v) is 9.53. The van der Waals surface area contributed by atoms with Crippen molar-refractivity contribution in [3.8, 4) is 56.3 Å². The highest BCUT2D eigenvalue weighted by Crippen LogP contribution is 2.50. The quantitative estimate of drug-likeness (QED) is 0.172. The van der Waals surface area contributed by atoms with Crippen molar-refractivity contribution in [2.75, 3.05) is 4.90 Å². The van der Waals surface area contributed by atoms with Crippen molar-refractivity contribution in [3.05, 3.63) is 170 Å². The van der Waals surface area contributed by atoms with Crippen LogP contribution in [0.15, 0.2) is 170 Å². The lowest BCUT2D eigenvalue weighted by molar-refractivity contribution is 1.02. The van der Waals surface area contributed by atoms with Crippen LogP contribution in [0.5, 0.6) is 0 Å². The summed E-state index contributed by atoms with van der Waals surface area (Å²) in [6.07, 6.45) is 3.70. The molecule has 9 aromatic rings. The second-order valence-corrected chi connectivity index (χ2v) is 12.6. The molecule has 0 saturated carbocycles. The molecule has 4 heterocycles. The summed E-state index contributed by atoms with van der Waals surface area (Å²) in [7, 11) is 0. The molecular formula is C45H28N6. The van der Waals surface area contributed by atoms with Crippen molar-refractivity contribution < 1.29 is 0 Å². The highest BCUT2D eigenvalue weighted by molar-refractivity contribution is 6.20. The maximum atomic E-state index is 5.33. The monoisotopic (exact) mass is 652 g/mol. The van der Waals surface area contributed by atoms with E-state index in [1.807, 2.05) is 85.2 Å². The van der Waals surface area contributed by atoms with Gasteiger partial charge in [0, 0.05) is 33.7 Å². The van der Waals surface area contributed by atoms with E-state index in [1.54, 1.807) is 0 Å². The standard InChI is InChI=1S/C45H28N6/c1-4-12-29(13-5-1)32-18-10-19-33(26-32)34-22-23-38-37(27-34)35-20-11-21-39-41(35)42(47-38)36-24-25-46-28-40(36)51(39)45-49-43(30-14-6-2-7-15-30)48-44(50-45)31-16-8-3-9-17-31/h1-28H. The van der Waals surface area contributed by atoms with Crippen molar-refractivity contribution in [2.45, 2.75) is 0 Å². The molecular weight excluding hydrogens is 625 g/mol. The number of hydrogen-bond acceptors (Lipinski definition) is 6. The number of nitrogens with zero attached hydrogens (tertiary/aromatic N) is 6. The molecule has 1 aliphatic rings. The molecule has 0 bridgehead atoms. The summed E-state index contributed by atoms with van der Waals surface area (Å²) >= 11 is 0. The van der Waals surface area contributed by atoms with Gasteiger partial charge in [-0.1, -0.05) is 127 Å². The average Bonchev–Trinajstić information content (AvgIpc) is 3.22. The molecule has 51 heavy (non-hydrogen) atoms. The fourth-order valence-corrected chi connectivity index (χ4v) is 7.12. The smallest absolute Gasteiger partial charge is 0.238 e. The molecule has 238 valence electrons. The molecule has 0 spiro atoms. The van der Waals surface area contributed by atoms with Crippen LogP contribution >= 0.6 is 0 Å². The third kappa shape index (κ3) is 4.92. The Morgan fingerprint density at radius 3 is 1.73 bits per heavy atom. The zero-order chi connectivity index (χ0) is 33.7. The van der Waals surface area contributed by atoms with Gasteiger partial charge in [0.1, 0.15) is 0 Å². The van der Waals surface area contributed by atoms with Crippen molar-refractivity contribution in [1.82, 2.24) is 24.9 Å². The molecule has 0 aliphatic carbocycles. The highest BCUT2D eigenvalue weighted by Gasteiger charge is 2.30. The van der Waals surface area contributed by atoms with E-state index in [0.717, 1.165) is 66.6 Å². The van der Waals surface area contributed by atoms with E-state index in [2.05, 4.69) is 94.8 Å². The van der Waals surface area contributed by atoms with Crippen LogP contribution in [0.25, 0.3) is 78.0 Å². The van der Waals surface area contributed by atoms with Gasteiger partial charge in [-0.3, -0.25) is 9.88 Å². The molecule has 0 unspecified atom stereocenters. The van der Waals surface area contributed by atoms with Crippen LogP contribution in [0.2, 0.25) is 0 Å². The third-order valence-electron chi connectivity index (χ3n) is 9.53. The van der Waals surface area contributed by atoms with Gasteiger partial charge in [0.05, 0.1) is 28.8 Å². The van der Waals surface area contributed by atoms with Gasteiger partial charge < -0.3 is 0 Å². The summed E-state index contributed by atoms with van der Waals surface area (Å²) < 4.78 is 0. The van der Waals surface area contributed by atoms with Gasteiger partial charge in [-0.2, -0.15) is 9.97 Å². The summed E-state index contributed by atoms with van der Waals surface area (Å²) in [6, 6.07) is 54.4. The average molecular weight is 653 g/mol. The molecule has 6 aromatic carbocycles. The van der Waals surface area contributed by atoms with E-state index in [1.165, 1.54) is 11.1 Å². The molecule has 1 aliphatic heterocycles. The molecule has 0 saturated heterocycles. The summed E-state index contributed by atoms with van der Waals surface area (Å²) in [5.41, 5.74) is 11.1. The van der Waals surface area contributed by atoms with Crippen LogP contribution in [0.4, 0.5) is 17.3 Å². The predicted molar refractivity (Wildman–Crippen MR) is 206 cm³/mol. The van der Waals surface area contributed by atoms with Crippen LogP contribution in [-0.4, -0.2) is 24.9 Å². The Hall–Kier alpha value is -7.05. The predicted octanol–water partition coefficient (Wildman–Crippen LogP) is 11.1. The molecule has 10 rings (SSSR count). The van der Waals surface area contributed by atoms with E-state index < -0.39 is 0 Å². The fourth-order valence-electron chi connectivity index (χ4n) is 7.12. The first-order chi connectivity index (χ1) is 25.3. The van der Waals surface area contributed by atoms with Crippen LogP contribution in [0.3, 0.4) is 0 Å². The number of benzene rings is 6. The molecule has 6 heteroatoms. The van der Waals surface area contributed by atoms with E-state index in [-0.39, 0.29) is 0 Å². The Balaban J connectivity index is 1.20. The molecule has 0 N–H and O–H groups in total. The molecule has 0 amide bonds. The fraction of sp³-hybridized carbons (Fsp3) is 0. The van der Waals surface area contributed by atoms with E-state index in [0.29, 0.717) is 17.6 Å². The Labute approximate surface area is 294 Å². The van der Waals surface area contributed by atoms with Crippen LogP contribution in [0, 0.1) is 0 Å². The first-order valence-electron chi connectivity index (χ1n) is 16.9. The lowest BCUT2D eigenvalue weighted by atomic mass is 9.92. The summed E-state index contributed by atoms with van der Waals surface area (Å²) in [5.74, 6) is 1.71. The largest absolute Gasteiger partial charge is 0.276 e. The van der Waals surface area contributed by atoms with Crippen molar-refractivity contribution in [3.63, 3.8) is 0 Å². The zero-order valence-electron chi connectivity index (χ0n) is 27.3. The number of rotatable bonds is 5. The van der Waals surface area contributed by atoms with Crippen molar-refractivity contribution >= 4 is 39.0 Å². The second kappa shape index (κ2) is 11.8.